The Kier molecular flexibility index (Phi) is 3.85. The normalized spacial score (nSPS) is 11.9. The summed E-state index contributed by atoms with van der Waals surface area (Å²) in [7, 11) is 3.40. The first-order valence-corrected chi connectivity index (χ1v) is 6.04. The summed E-state index contributed by atoms with van der Waals surface area (Å²) in [5, 5.41) is 6.91. The summed E-state index contributed by atoms with van der Waals surface area (Å²) in [5.74, 6) is 0.619. The molecular formula is C14H17N3O2. The first-order valence-electron chi connectivity index (χ1n) is 6.04. The van der Waals surface area contributed by atoms with E-state index >= 15 is 0 Å². The summed E-state index contributed by atoms with van der Waals surface area (Å²) in [4.78, 5) is 12.0. The number of carbonyl (C=O) groups is 1. The zero-order chi connectivity index (χ0) is 13.8. The lowest BCUT2D eigenvalue weighted by molar-refractivity contribution is 0.0939. The molecule has 1 amide bonds. The van der Waals surface area contributed by atoms with Crippen molar-refractivity contribution in [2.45, 2.75) is 13.0 Å². The number of ether oxygens (including phenoxy) is 1. The minimum Gasteiger partial charge on any atom is -0.496 e. The molecule has 1 unspecified atom stereocenters. The van der Waals surface area contributed by atoms with Gasteiger partial charge < -0.3 is 10.1 Å². The van der Waals surface area contributed by atoms with Crippen molar-refractivity contribution in [2.75, 3.05) is 7.11 Å². The van der Waals surface area contributed by atoms with Gasteiger partial charge in [0, 0.05) is 18.8 Å². The van der Waals surface area contributed by atoms with Crippen LogP contribution in [0.2, 0.25) is 0 Å². The Balaban J connectivity index is 2.12. The molecule has 19 heavy (non-hydrogen) atoms. The quantitative estimate of drug-likeness (QED) is 0.912. The minimum absolute atomic E-state index is 0.135. The molecule has 1 N–H and O–H groups in total. The summed E-state index contributed by atoms with van der Waals surface area (Å²) in [6.07, 6.45) is 3.23. The van der Waals surface area contributed by atoms with E-state index in [0.29, 0.717) is 5.56 Å². The number of nitrogens with one attached hydrogen (secondary N) is 1. The number of aromatic nitrogens is 2. The van der Waals surface area contributed by atoms with E-state index in [1.54, 1.807) is 31.2 Å². The van der Waals surface area contributed by atoms with E-state index in [1.807, 2.05) is 31.2 Å². The zero-order valence-corrected chi connectivity index (χ0v) is 11.3. The Hall–Kier alpha value is -2.30. The lowest BCUT2D eigenvalue weighted by Gasteiger charge is -2.16. The predicted octanol–water partition coefficient (Wildman–Crippen LogP) is 1.92. The SMILES string of the molecule is COc1ccccc1C(C)NC(=O)c1cnn(C)c1. The van der Waals surface area contributed by atoms with Crippen molar-refractivity contribution >= 4 is 5.91 Å². The number of methoxy groups -OCH3 is 1. The van der Waals surface area contributed by atoms with E-state index in [4.69, 9.17) is 4.74 Å². The van der Waals surface area contributed by atoms with Gasteiger partial charge in [0.25, 0.3) is 5.91 Å². The first kappa shape index (κ1) is 13.1. The van der Waals surface area contributed by atoms with Gasteiger partial charge in [0.2, 0.25) is 0 Å². The number of nitrogens with zero attached hydrogens (tertiary/aromatic N) is 2. The topological polar surface area (TPSA) is 56.1 Å². The largest absolute Gasteiger partial charge is 0.496 e. The van der Waals surface area contributed by atoms with Gasteiger partial charge in [-0.05, 0) is 13.0 Å². The number of para-hydroxylation sites is 1. The number of benzene rings is 1. The Labute approximate surface area is 112 Å². The number of rotatable bonds is 4. The van der Waals surface area contributed by atoms with Crippen LogP contribution in [-0.4, -0.2) is 22.8 Å². The van der Waals surface area contributed by atoms with Crippen LogP contribution < -0.4 is 10.1 Å². The fourth-order valence-corrected chi connectivity index (χ4v) is 1.92. The molecule has 0 bridgehead atoms. The van der Waals surface area contributed by atoms with E-state index in [1.165, 1.54) is 0 Å². The van der Waals surface area contributed by atoms with Crippen LogP contribution in [0, 0.1) is 0 Å². The standard InChI is InChI=1S/C14H17N3O2/c1-10(12-6-4-5-7-13(12)19-3)16-14(18)11-8-15-17(2)9-11/h4-10H,1-3H3,(H,16,18). The lowest BCUT2D eigenvalue weighted by Crippen LogP contribution is -2.26. The molecule has 5 nitrogen and oxygen atoms in total. The summed E-state index contributed by atoms with van der Waals surface area (Å²) >= 11 is 0. The molecule has 0 spiro atoms. The highest BCUT2D eigenvalue weighted by atomic mass is 16.5. The molecule has 0 aliphatic rings. The van der Waals surface area contributed by atoms with E-state index in [-0.39, 0.29) is 11.9 Å². The number of aryl methyl sites for hydroxylation is 1. The van der Waals surface area contributed by atoms with Crippen molar-refractivity contribution in [2.24, 2.45) is 7.05 Å². The fourth-order valence-electron chi connectivity index (χ4n) is 1.92. The van der Waals surface area contributed by atoms with Gasteiger partial charge in [-0.2, -0.15) is 5.10 Å². The van der Waals surface area contributed by atoms with Gasteiger partial charge in [0.15, 0.2) is 0 Å². The zero-order valence-electron chi connectivity index (χ0n) is 11.3. The third kappa shape index (κ3) is 2.93. The Bertz CT molecular complexity index is 578. The van der Waals surface area contributed by atoms with E-state index < -0.39 is 0 Å². The average molecular weight is 259 g/mol. The third-order valence-electron chi connectivity index (χ3n) is 2.92. The second-order valence-electron chi connectivity index (χ2n) is 4.34. The number of carbonyl (C=O) groups excluding carboxylic acids is 1. The van der Waals surface area contributed by atoms with E-state index in [9.17, 15) is 4.79 Å². The molecule has 0 aliphatic heterocycles. The summed E-state index contributed by atoms with van der Waals surface area (Å²) in [6, 6.07) is 7.50. The van der Waals surface area contributed by atoms with Gasteiger partial charge in [0.1, 0.15) is 5.75 Å². The molecule has 2 rings (SSSR count). The summed E-state index contributed by atoms with van der Waals surface area (Å²) in [6.45, 7) is 1.92. The van der Waals surface area contributed by atoms with Gasteiger partial charge in [-0.3, -0.25) is 9.48 Å². The van der Waals surface area contributed by atoms with Crippen LogP contribution in [0.1, 0.15) is 28.9 Å². The van der Waals surface area contributed by atoms with Gasteiger partial charge in [-0.25, -0.2) is 0 Å². The molecule has 0 saturated carbocycles. The second kappa shape index (κ2) is 5.56. The van der Waals surface area contributed by atoms with Crippen LogP contribution in [0.15, 0.2) is 36.7 Å². The molecule has 0 fully saturated rings. The van der Waals surface area contributed by atoms with Gasteiger partial charge in [-0.15, -0.1) is 0 Å². The van der Waals surface area contributed by atoms with Crippen molar-refractivity contribution in [3.05, 3.63) is 47.8 Å². The third-order valence-corrected chi connectivity index (χ3v) is 2.92. The Morgan fingerprint density at radius 3 is 2.79 bits per heavy atom. The van der Waals surface area contributed by atoms with Crippen molar-refractivity contribution < 1.29 is 9.53 Å². The molecule has 0 aliphatic carbocycles. The van der Waals surface area contributed by atoms with Crippen LogP contribution in [0.4, 0.5) is 0 Å². The van der Waals surface area contributed by atoms with E-state index in [0.717, 1.165) is 11.3 Å². The van der Waals surface area contributed by atoms with Gasteiger partial charge in [-0.1, -0.05) is 18.2 Å². The Morgan fingerprint density at radius 1 is 1.42 bits per heavy atom. The van der Waals surface area contributed by atoms with Crippen LogP contribution in [0.3, 0.4) is 0 Å². The maximum absolute atomic E-state index is 12.0. The highest BCUT2D eigenvalue weighted by molar-refractivity contribution is 5.93. The average Bonchev–Trinajstić information content (AvgIpc) is 2.85. The van der Waals surface area contributed by atoms with Crippen molar-refractivity contribution in [1.82, 2.24) is 15.1 Å². The molecule has 1 heterocycles. The minimum atomic E-state index is -0.147. The fraction of sp³-hybridized carbons (Fsp3) is 0.286. The number of hydrogen-bond donors (Lipinski definition) is 1. The summed E-state index contributed by atoms with van der Waals surface area (Å²) in [5.41, 5.74) is 1.49. The van der Waals surface area contributed by atoms with Crippen LogP contribution in [0.5, 0.6) is 5.75 Å². The maximum Gasteiger partial charge on any atom is 0.254 e. The molecule has 1 atom stereocenters. The van der Waals surface area contributed by atoms with Crippen molar-refractivity contribution in [1.29, 1.82) is 0 Å². The molecule has 2 aromatic rings. The van der Waals surface area contributed by atoms with Crippen molar-refractivity contribution in [3.8, 4) is 5.75 Å². The molecule has 100 valence electrons. The highest BCUT2D eigenvalue weighted by Gasteiger charge is 2.15. The molecule has 5 heteroatoms. The molecule has 1 aromatic carbocycles. The number of hydrogen-bond acceptors (Lipinski definition) is 3. The van der Waals surface area contributed by atoms with Gasteiger partial charge in [0.05, 0.1) is 24.9 Å². The van der Waals surface area contributed by atoms with E-state index in [2.05, 4.69) is 10.4 Å². The number of amides is 1. The van der Waals surface area contributed by atoms with Crippen LogP contribution in [0.25, 0.3) is 0 Å². The van der Waals surface area contributed by atoms with Gasteiger partial charge >= 0.3 is 0 Å². The monoisotopic (exact) mass is 259 g/mol. The molecule has 1 aromatic heterocycles. The molecule has 0 saturated heterocycles. The maximum atomic E-state index is 12.0. The molecule has 0 radical (unpaired) electrons. The predicted molar refractivity (Wildman–Crippen MR) is 72.1 cm³/mol. The van der Waals surface area contributed by atoms with Crippen molar-refractivity contribution in [3.63, 3.8) is 0 Å². The highest BCUT2D eigenvalue weighted by Crippen LogP contribution is 2.24. The summed E-state index contributed by atoms with van der Waals surface area (Å²) < 4.78 is 6.89. The van der Waals surface area contributed by atoms with Crippen LogP contribution in [-0.2, 0) is 7.05 Å². The Morgan fingerprint density at radius 2 is 2.16 bits per heavy atom. The van der Waals surface area contributed by atoms with Crippen LogP contribution >= 0.6 is 0 Å². The second-order valence-corrected chi connectivity index (χ2v) is 4.34. The smallest absolute Gasteiger partial charge is 0.254 e. The lowest BCUT2D eigenvalue weighted by atomic mass is 10.1. The molecular weight excluding hydrogens is 242 g/mol. The first-order chi connectivity index (χ1) is 9.11.